The lowest BCUT2D eigenvalue weighted by atomic mass is 10.1. The molecule has 0 heterocycles. The van der Waals surface area contributed by atoms with Crippen LogP contribution in [0.5, 0.6) is 0 Å². The Morgan fingerprint density at radius 2 is 1.72 bits per heavy atom. The fraction of sp³-hybridized carbons (Fsp3) is 1.00. The minimum atomic E-state index is 0.352. The normalized spacial score (nSPS) is 20.3. The molecule has 0 aliphatic heterocycles. The van der Waals surface area contributed by atoms with Crippen LogP contribution < -0.4 is 5.32 Å². The van der Waals surface area contributed by atoms with Gasteiger partial charge in [0.2, 0.25) is 0 Å². The Labute approximate surface area is 112 Å². The van der Waals surface area contributed by atoms with Crippen LogP contribution in [0.1, 0.15) is 39.5 Å². The molecular weight excluding hydrogens is 224 g/mol. The van der Waals surface area contributed by atoms with E-state index in [2.05, 4.69) is 31.1 Å². The molecule has 2 saturated carbocycles. The Bertz CT molecular complexity index is 225. The molecule has 0 saturated heterocycles. The second-order valence-corrected chi connectivity index (χ2v) is 6.38. The van der Waals surface area contributed by atoms with Crippen LogP contribution in [0.4, 0.5) is 0 Å². The van der Waals surface area contributed by atoms with Gasteiger partial charge in [0, 0.05) is 25.7 Å². The van der Waals surface area contributed by atoms with Crippen LogP contribution in [0.15, 0.2) is 0 Å². The number of likely N-dealkylation sites (N-methyl/N-ethyl adjacent to an activating group) is 1. The summed E-state index contributed by atoms with van der Waals surface area (Å²) < 4.78 is 5.57. The number of nitrogens with zero attached hydrogens (tertiary/aromatic N) is 1. The highest BCUT2D eigenvalue weighted by Gasteiger charge is 2.40. The number of ether oxygens (including phenoxy) is 1. The SMILES string of the molecule is CC(C)OCCN(C)CCNC(C1CC1)C1CC1. The van der Waals surface area contributed by atoms with E-state index in [9.17, 15) is 0 Å². The first-order valence-electron chi connectivity index (χ1n) is 7.70. The largest absolute Gasteiger partial charge is 0.377 e. The molecule has 2 rings (SSSR count). The van der Waals surface area contributed by atoms with Crippen LogP contribution >= 0.6 is 0 Å². The van der Waals surface area contributed by atoms with Crippen LogP contribution in [0.25, 0.3) is 0 Å². The Kier molecular flexibility index (Phi) is 5.46. The molecule has 0 atom stereocenters. The van der Waals surface area contributed by atoms with E-state index in [-0.39, 0.29) is 0 Å². The van der Waals surface area contributed by atoms with E-state index in [1.807, 2.05) is 0 Å². The van der Waals surface area contributed by atoms with Crippen molar-refractivity contribution in [3.63, 3.8) is 0 Å². The molecule has 0 radical (unpaired) electrons. The lowest BCUT2D eigenvalue weighted by Gasteiger charge is -2.21. The van der Waals surface area contributed by atoms with E-state index in [0.29, 0.717) is 6.10 Å². The van der Waals surface area contributed by atoms with Gasteiger partial charge in [0.05, 0.1) is 12.7 Å². The van der Waals surface area contributed by atoms with Gasteiger partial charge < -0.3 is 15.0 Å². The predicted molar refractivity (Wildman–Crippen MR) is 75.8 cm³/mol. The van der Waals surface area contributed by atoms with E-state index in [1.165, 1.54) is 25.7 Å². The first kappa shape index (κ1) is 14.3. The summed E-state index contributed by atoms with van der Waals surface area (Å²) in [6.07, 6.45) is 6.21. The summed E-state index contributed by atoms with van der Waals surface area (Å²) in [6, 6.07) is 0.838. The van der Waals surface area contributed by atoms with Crippen LogP contribution in [-0.2, 0) is 4.74 Å². The van der Waals surface area contributed by atoms with Gasteiger partial charge >= 0.3 is 0 Å². The quantitative estimate of drug-likeness (QED) is 0.646. The zero-order chi connectivity index (χ0) is 13.0. The summed E-state index contributed by atoms with van der Waals surface area (Å²) >= 11 is 0. The highest BCUT2D eigenvalue weighted by Crippen LogP contribution is 2.44. The molecule has 3 heteroatoms. The summed E-state index contributed by atoms with van der Waals surface area (Å²) in [5, 5.41) is 3.79. The second-order valence-electron chi connectivity index (χ2n) is 6.38. The third-order valence-electron chi connectivity index (χ3n) is 4.06. The summed E-state index contributed by atoms with van der Waals surface area (Å²) in [5.41, 5.74) is 0. The molecule has 0 aromatic rings. The van der Waals surface area contributed by atoms with Gasteiger partial charge in [-0.1, -0.05) is 0 Å². The van der Waals surface area contributed by atoms with E-state index < -0.39 is 0 Å². The number of hydrogen-bond donors (Lipinski definition) is 1. The van der Waals surface area contributed by atoms with Crippen molar-refractivity contribution in [2.45, 2.75) is 51.7 Å². The zero-order valence-corrected chi connectivity index (χ0v) is 12.3. The molecule has 0 aromatic heterocycles. The third kappa shape index (κ3) is 5.25. The fourth-order valence-corrected chi connectivity index (χ4v) is 2.61. The number of hydrogen-bond acceptors (Lipinski definition) is 3. The standard InChI is InChI=1S/C15H30N2O/c1-12(2)18-11-10-17(3)9-8-16-15(13-4-5-13)14-6-7-14/h12-16H,4-11H2,1-3H3. The molecular formula is C15H30N2O. The van der Waals surface area contributed by atoms with Crippen LogP contribution in [-0.4, -0.2) is 50.3 Å². The molecule has 0 spiro atoms. The third-order valence-corrected chi connectivity index (χ3v) is 4.06. The Balaban J connectivity index is 1.51. The average Bonchev–Trinajstić information content (AvgIpc) is 3.14. The smallest absolute Gasteiger partial charge is 0.0596 e. The van der Waals surface area contributed by atoms with Gasteiger partial charge in [0.15, 0.2) is 0 Å². The van der Waals surface area contributed by atoms with Gasteiger partial charge in [-0.05, 0) is 58.4 Å². The average molecular weight is 254 g/mol. The van der Waals surface area contributed by atoms with Crippen molar-refractivity contribution in [3.05, 3.63) is 0 Å². The number of rotatable bonds is 10. The monoisotopic (exact) mass is 254 g/mol. The molecule has 1 N–H and O–H groups in total. The molecule has 0 unspecified atom stereocenters. The van der Waals surface area contributed by atoms with Crippen LogP contribution in [0.3, 0.4) is 0 Å². The van der Waals surface area contributed by atoms with Crippen molar-refractivity contribution in [2.75, 3.05) is 33.3 Å². The molecule has 106 valence electrons. The van der Waals surface area contributed by atoms with Crippen molar-refractivity contribution < 1.29 is 4.74 Å². The maximum Gasteiger partial charge on any atom is 0.0596 e. The van der Waals surface area contributed by atoms with Gasteiger partial charge in [-0.2, -0.15) is 0 Å². The molecule has 3 nitrogen and oxygen atoms in total. The lowest BCUT2D eigenvalue weighted by molar-refractivity contribution is 0.0638. The first-order chi connectivity index (χ1) is 8.66. The predicted octanol–water partition coefficient (Wildman–Crippen LogP) is 2.12. The van der Waals surface area contributed by atoms with E-state index in [1.54, 1.807) is 0 Å². The van der Waals surface area contributed by atoms with Crippen molar-refractivity contribution in [3.8, 4) is 0 Å². The molecule has 2 fully saturated rings. The first-order valence-corrected chi connectivity index (χ1v) is 7.70. The Hall–Kier alpha value is -0.120. The van der Waals surface area contributed by atoms with Crippen LogP contribution in [0.2, 0.25) is 0 Å². The van der Waals surface area contributed by atoms with Gasteiger partial charge in [-0.3, -0.25) is 0 Å². The summed E-state index contributed by atoms with van der Waals surface area (Å²) in [7, 11) is 2.19. The van der Waals surface area contributed by atoms with Crippen LogP contribution in [0, 0.1) is 11.8 Å². The maximum atomic E-state index is 5.57. The topological polar surface area (TPSA) is 24.5 Å². The highest BCUT2D eigenvalue weighted by molar-refractivity contribution is 4.96. The molecule has 0 bridgehead atoms. The number of nitrogens with one attached hydrogen (secondary N) is 1. The summed E-state index contributed by atoms with van der Waals surface area (Å²) in [5.74, 6) is 2.01. The second kappa shape index (κ2) is 6.88. The Morgan fingerprint density at radius 3 is 2.22 bits per heavy atom. The fourth-order valence-electron chi connectivity index (χ4n) is 2.61. The minimum Gasteiger partial charge on any atom is -0.377 e. The molecule has 0 amide bonds. The lowest BCUT2D eigenvalue weighted by Crippen LogP contribution is -2.39. The minimum absolute atomic E-state index is 0.352. The van der Waals surface area contributed by atoms with Crippen molar-refractivity contribution >= 4 is 0 Å². The maximum absolute atomic E-state index is 5.57. The van der Waals surface area contributed by atoms with E-state index in [0.717, 1.165) is 44.1 Å². The van der Waals surface area contributed by atoms with Crippen molar-refractivity contribution in [2.24, 2.45) is 11.8 Å². The molecule has 2 aliphatic rings. The van der Waals surface area contributed by atoms with Gasteiger partial charge in [-0.15, -0.1) is 0 Å². The summed E-state index contributed by atoms with van der Waals surface area (Å²) in [4.78, 5) is 2.37. The summed E-state index contributed by atoms with van der Waals surface area (Å²) in [6.45, 7) is 8.35. The zero-order valence-electron chi connectivity index (χ0n) is 12.3. The molecule has 18 heavy (non-hydrogen) atoms. The van der Waals surface area contributed by atoms with Gasteiger partial charge in [-0.25, -0.2) is 0 Å². The Morgan fingerprint density at radius 1 is 1.11 bits per heavy atom. The molecule has 0 aromatic carbocycles. The van der Waals surface area contributed by atoms with E-state index >= 15 is 0 Å². The van der Waals surface area contributed by atoms with Gasteiger partial charge in [0.1, 0.15) is 0 Å². The van der Waals surface area contributed by atoms with Crippen molar-refractivity contribution in [1.29, 1.82) is 0 Å². The van der Waals surface area contributed by atoms with E-state index in [4.69, 9.17) is 4.74 Å². The molecule has 2 aliphatic carbocycles. The highest BCUT2D eigenvalue weighted by atomic mass is 16.5. The van der Waals surface area contributed by atoms with Crippen molar-refractivity contribution in [1.82, 2.24) is 10.2 Å². The van der Waals surface area contributed by atoms with Gasteiger partial charge in [0.25, 0.3) is 0 Å².